The number of para-hydroxylation sites is 2. The molecule has 2 N–H and O–H groups in total. The van der Waals surface area contributed by atoms with E-state index in [1.807, 2.05) is 55.5 Å². The summed E-state index contributed by atoms with van der Waals surface area (Å²) in [6.07, 6.45) is 3.06. The number of guanidine groups is 1. The molecule has 2 aromatic rings. The van der Waals surface area contributed by atoms with Crippen molar-refractivity contribution < 1.29 is 14.3 Å². The second-order valence-electron chi connectivity index (χ2n) is 6.88. The van der Waals surface area contributed by atoms with E-state index < -0.39 is 0 Å². The first-order chi connectivity index (χ1) is 14.2. The Morgan fingerprint density at radius 2 is 1.97 bits per heavy atom. The van der Waals surface area contributed by atoms with Crippen LogP contribution in [0.3, 0.4) is 0 Å². The third-order valence-electron chi connectivity index (χ3n) is 4.77. The van der Waals surface area contributed by atoms with Crippen LogP contribution >= 0.6 is 0 Å². The Bertz CT molecular complexity index is 828. The van der Waals surface area contributed by atoms with E-state index in [9.17, 15) is 4.79 Å². The number of amides is 1. The first-order valence-electron chi connectivity index (χ1n) is 10.2. The maximum absolute atomic E-state index is 12.8. The van der Waals surface area contributed by atoms with Crippen molar-refractivity contribution in [1.82, 2.24) is 5.32 Å². The number of anilines is 1. The summed E-state index contributed by atoms with van der Waals surface area (Å²) >= 11 is 0. The molecule has 0 aliphatic carbocycles. The summed E-state index contributed by atoms with van der Waals surface area (Å²) in [6.45, 7) is 5.84. The molecule has 0 radical (unpaired) electrons. The Morgan fingerprint density at radius 1 is 1.17 bits per heavy atom. The Hall–Kier alpha value is -2.86. The molecular weight excluding hydrogens is 366 g/mol. The molecule has 0 spiro atoms. The molecule has 6 heteroatoms. The highest BCUT2D eigenvalue weighted by atomic mass is 16.5. The van der Waals surface area contributed by atoms with E-state index in [-0.39, 0.29) is 12.0 Å². The molecule has 0 saturated carbocycles. The van der Waals surface area contributed by atoms with Crippen LogP contribution in [0.5, 0.6) is 5.75 Å². The minimum Gasteiger partial charge on any atom is -0.492 e. The molecule has 154 valence electrons. The van der Waals surface area contributed by atoms with Crippen molar-refractivity contribution in [1.29, 1.82) is 0 Å². The van der Waals surface area contributed by atoms with Gasteiger partial charge in [-0.25, -0.2) is 4.99 Å². The van der Waals surface area contributed by atoms with Gasteiger partial charge in [0.05, 0.1) is 24.9 Å². The van der Waals surface area contributed by atoms with Gasteiger partial charge in [-0.05, 0) is 56.0 Å². The number of hydrogen-bond donors (Lipinski definition) is 2. The molecule has 2 aromatic carbocycles. The maximum atomic E-state index is 12.8. The standard InChI is InChI=1S/C23H29N3O3/c1-3-17-11-13-18(14-12-17)22(27)26-23(24-16-19-8-7-15-29-19)25-20-9-5-6-10-21(20)28-4-2/h5-6,9-14,19H,3-4,7-8,15-16H2,1-2H3,(H2,24,25,26,27)/t19-/m1/s1. The molecule has 1 heterocycles. The number of ether oxygens (including phenoxy) is 2. The minimum atomic E-state index is -0.208. The van der Waals surface area contributed by atoms with Gasteiger partial charge in [-0.1, -0.05) is 31.2 Å². The number of aryl methyl sites for hydroxylation is 1. The first kappa shape index (κ1) is 20.9. The van der Waals surface area contributed by atoms with Gasteiger partial charge in [0.15, 0.2) is 0 Å². The van der Waals surface area contributed by atoms with Crippen molar-refractivity contribution in [2.75, 3.05) is 25.1 Å². The van der Waals surface area contributed by atoms with Crippen molar-refractivity contribution in [3.8, 4) is 5.75 Å². The fourth-order valence-corrected chi connectivity index (χ4v) is 3.14. The summed E-state index contributed by atoms with van der Waals surface area (Å²) in [7, 11) is 0. The summed E-state index contributed by atoms with van der Waals surface area (Å²) in [5, 5.41) is 6.12. The Balaban J connectivity index is 1.76. The third-order valence-corrected chi connectivity index (χ3v) is 4.77. The quantitative estimate of drug-likeness (QED) is 0.549. The summed E-state index contributed by atoms with van der Waals surface area (Å²) in [5.41, 5.74) is 2.53. The Kier molecular flexibility index (Phi) is 7.64. The zero-order chi connectivity index (χ0) is 20.5. The highest BCUT2D eigenvalue weighted by molar-refractivity contribution is 6.10. The summed E-state index contributed by atoms with van der Waals surface area (Å²) in [5.74, 6) is 0.888. The molecular formula is C23H29N3O3. The molecule has 0 bridgehead atoms. The van der Waals surface area contributed by atoms with E-state index in [1.165, 1.54) is 5.56 Å². The molecule has 1 aliphatic heterocycles. The Labute approximate surface area is 172 Å². The van der Waals surface area contributed by atoms with Crippen LogP contribution in [0.25, 0.3) is 0 Å². The van der Waals surface area contributed by atoms with Crippen molar-refractivity contribution >= 4 is 17.6 Å². The van der Waals surface area contributed by atoms with Crippen LogP contribution in [0, 0.1) is 0 Å². The molecule has 1 atom stereocenters. The lowest BCUT2D eigenvalue weighted by atomic mass is 10.1. The predicted octanol–water partition coefficient (Wildman–Crippen LogP) is 4.02. The van der Waals surface area contributed by atoms with Gasteiger partial charge >= 0.3 is 0 Å². The maximum Gasteiger partial charge on any atom is 0.257 e. The van der Waals surface area contributed by atoms with Crippen LogP contribution in [0.15, 0.2) is 53.5 Å². The fourth-order valence-electron chi connectivity index (χ4n) is 3.14. The number of carbonyl (C=O) groups excluding carboxylic acids is 1. The van der Waals surface area contributed by atoms with E-state index in [1.54, 1.807) is 0 Å². The monoisotopic (exact) mass is 395 g/mol. The van der Waals surface area contributed by atoms with E-state index in [2.05, 4.69) is 22.5 Å². The molecule has 1 aliphatic rings. The number of benzene rings is 2. The van der Waals surface area contributed by atoms with Gasteiger partial charge in [0.2, 0.25) is 5.96 Å². The summed E-state index contributed by atoms with van der Waals surface area (Å²) in [6, 6.07) is 15.2. The van der Waals surface area contributed by atoms with Gasteiger partial charge < -0.3 is 14.8 Å². The molecule has 0 aromatic heterocycles. The average molecular weight is 396 g/mol. The van der Waals surface area contributed by atoms with E-state index in [0.29, 0.717) is 30.4 Å². The van der Waals surface area contributed by atoms with Crippen molar-refractivity contribution in [2.45, 2.75) is 39.2 Å². The van der Waals surface area contributed by atoms with Crippen molar-refractivity contribution in [3.05, 3.63) is 59.7 Å². The number of hydrogen-bond acceptors (Lipinski definition) is 4. The highest BCUT2D eigenvalue weighted by Gasteiger charge is 2.16. The average Bonchev–Trinajstić information content (AvgIpc) is 3.27. The van der Waals surface area contributed by atoms with E-state index >= 15 is 0 Å². The zero-order valence-electron chi connectivity index (χ0n) is 17.1. The summed E-state index contributed by atoms with van der Waals surface area (Å²) in [4.78, 5) is 17.4. The Morgan fingerprint density at radius 3 is 2.66 bits per heavy atom. The number of rotatable bonds is 7. The van der Waals surface area contributed by atoms with Gasteiger partial charge in [0, 0.05) is 12.2 Å². The number of carbonyl (C=O) groups is 1. The van der Waals surface area contributed by atoms with Gasteiger partial charge in [0.25, 0.3) is 5.91 Å². The number of nitrogens with zero attached hydrogens (tertiary/aromatic N) is 1. The van der Waals surface area contributed by atoms with Crippen LogP contribution < -0.4 is 15.4 Å². The molecule has 3 rings (SSSR count). The SMILES string of the molecule is CCOc1ccccc1NC(=NC[C@H]1CCCO1)NC(=O)c1ccc(CC)cc1. The predicted molar refractivity (Wildman–Crippen MR) is 116 cm³/mol. The molecule has 1 amide bonds. The van der Waals surface area contributed by atoms with E-state index in [0.717, 1.165) is 31.6 Å². The van der Waals surface area contributed by atoms with Crippen LogP contribution in [-0.2, 0) is 11.2 Å². The molecule has 29 heavy (non-hydrogen) atoms. The van der Waals surface area contributed by atoms with E-state index in [4.69, 9.17) is 9.47 Å². The van der Waals surface area contributed by atoms with Crippen molar-refractivity contribution in [3.63, 3.8) is 0 Å². The van der Waals surface area contributed by atoms with Gasteiger partial charge in [-0.2, -0.15) is 0 Å². The van der Waals surface area contributed by atoms with Crippen molar-refractivity contribution in [2.24, 2.45) is 4.99 Å². The molecule has 6 nitrogen and oxygen atoms in total. The normalized spacial score (nSPS) is 16.5. The summed E-state index contributed by atoms with van der Waals surface area (Å²) < 4.78 is 11.3. The smallest absolute Gasteiger partial charge is 0.257 e. The lowest BCUT2D eigenvalue weighted by Crippen LogP contribution is -2.37. The second-order valence-corrected chi connectivity index (χ2v) is 6.88. The highest BCUT2D eigenvalue weighted by Crippen LogP contribution is 2.23. The van der Waals surface area contributed by atoms with Gasteiger partial charge in [-0.15, -0.1) is 0 Å². The number of nitrogens with one attached hydrogen (secondary N) is 2. The molecule has 1 saturated heterocycles. The van der Waals surface area contributed by atoms with Gasteiger partial charge in [0.1, 0.15) is 5.75 Å². The van der Waals surface area contributed by atoms with Crippen LogP contribution in [0.2, 0.25) is 0 Å². The van der Waals surface area contributed by atoms with Crippen LogP contribution in [0.1, 0.15) is 42.6 Å². The zero-order valence-corrected chi connectivity index (χ0v) is 17.1. The fraction of sp³-hybridized carbons (Fsp3) is 0.391. The first-order valence-corrected chi connectivity index (χ1v) is 10.2. The number of aliphatic imine (C=N–C) groups is 1. The molecule has 1 fully saturated rings. The van der Waals surface area contributed by atoms with Crippen LogP contribution in [0.4, 0.5) is 5.69 Å². The van der Waals surface area contributed by atoms with Crippen LogP contribution in [-0.4, -0.2) is 37.7 Å². The lowest BCUT2D eigenvalue weighted by molar-refractivity contribution is 0.0975. The minimum absolute atomic E-state index is 0.0923. The largest absolute Gasteiger partial charge is 0.492 e. The topological polar surface area (TPSA) is 71.9 Å². The van der Waals surface area contributed by atoms with Gasteiger partial charge in [-0.3, -0.25) is 10.1 Å². The molecule has 0 unspecified atom stereocenters. The third kappa shape index (κ3) is 6.06. The lowest BCUT2D eigenvalue weighted by Gasteiger charge is -2.16. The second kappa shape index (κ2) is 10.6.